The third kappa shape index (κ3) is 5.42. The van der Waals surface area contributed by atoms with E-state index in [1.165, 1.54) is 0 Å². The highest BCUT2D eigenvalue weighted by Crippen LogP contribution is 2.21. The summed E-state index contributed by atoms with van der Waals surface area (Å²) in [6, 6.07) is 11.5. The summed E-state index contributed by atoms with van der Waals surface area (Å²) >= 11 is 3.26. The summed E-state index contributed by atoms with van der Waals surface area (Å²) in [6.07, 6.45) is 0.661. The number of rotatable bonds is 7. The van der Waals surface area contributed by atoms with Crippen molar-refractivity contribution in [1.29, 1.82) is 0 Å². The molecule has 0 unspecified atom stereocenters. The number of aldehydes is 1. The second-order valence-electron chi connectivity index (χ2n) is 5.08. The van der Waals surface area contributed by atoms with Gasteiger partial charge in [0.1, 0.15) is 5.75 Å². The molecule has 0 saturated heterocycles. The summed E-state index contributed by atoms with van der Waals surface area (Å²) in [6.45, 7) is 2.10. The van der Waals surface area contributed by atoms with Gasteiger partial charge in [0.05, 0.1) is 5.56 Å². The van der Waals surface area contributed by atoms with E-state index in [1.807, 2.05) is 6.92 Å². The normalized spacial score (nSPS) is 10.0. The maximum Gasteiger partial charge on any atom is 0.262 e. The fraction of sp³-hybridized carbons (Fsp3) is 0.167. The van der Waals surface area contributed by atoms with Crippen LogP contribution in [-0.2, 0) is 4.79 Å². The van der Waals surface area contributed by atoms with Crippen LogP contribution in [0.5, 0.6) is 5.75 Å². The number of carbonyl (C=O) groups excluding carboxylic acids is 3. The second kappa shape index (κ2) is 8.98. The molecule has 0 radical (unpaired) electrons. The van der Waals surface area contributed by atoms with E-state index in [-0.39, 0.29) is 12.5 Å². The van der Waals surface area contributed by atoms with Crippen LogP contribution in [0, 0.1) is 0 Å². The number of benzene rings is 2. The number of ether oxygens (including phenoxy) is 1. The Bertz CT molecular complexity index is 792. The molecule has 7 heteroatoms. The van der Waals surface area contributed by atoms with Gasteiger partial charge in [0.2, 0.25) is 0 Å². The minimum absolute atomic E-state index is 0.208. The lowest BCUT2D eigenvalue weighted by Crippen LogP contribution is -2.23. The molecule has 6 nitrogen and oxygen atoms in total. The van der Waals surface area contributed by atoms with Gasteiger partial charge >= 0.3 is 0 Å². The quantitative estimate of drug-likeness (QED) is 0.694. The minimum atomic E-state index is -0.396. The van der Waals surface area contributed by atoms with Crippen molar-refractivity contribution in [2.45, 2.75) is 6.92 Å². The van der Waals surface area contributed by atoms with Crippen LogP contribution < -0.4 is 15.4 Å². The van der Waals surface area contributed by atoms with E-state index in [0.717, 1.165) is 4.47 Å². The molecule has 0 fully saturated rings. The summed E-state index contributed by atoms with van der Waals surface area (Å²) in [5, 5.41) is 5.35. The van der Waals surface area contributed by atoms with Gasteiger partial charge in [-0.3, -0.25) is 14.4 Å². The molecule has 2 rings (SSSR count). The molecular formula is C18H17BrN2O4. The van der Waals surface area contributed by atoms with E-state index in [1.54, 1.807) is 42.5 Å². The van der Waals surface area contributed by atoms with E-state index in [0.29, 0.717) is 35.4 Å². The molecule has 0 aliphatic carbocycles. The Hall–Kier alpha value is -2.67. The van der Waals surface area contributed by atoms with Crippen LogP contribution in [0.2, 0.25) is 0 Å². The van der Waals surface area contributed by atoms with Crippen LogP contribution in [0.25, 0.3) is 0 Å². The summed E-state index contributed by atoms with van der Waals surface area (Å²) < 4.78 is 6.13. The van der Waals surface area contributed by atoms with Crippen LogP contribution in [-0.4, -0.2) is 31.3 Å². The topological polar surface area (TPSA) is 84.5 Å². The fourth-order valence-corrected chi connectivity index (χ4v) is 2.46. The predicted molar refractivity (Wildman–Crippen MR) is 98.1 cm³/mol. The highest BCUT2D eigenvalue weighted by molar-refractivity contribution is 9.10. The summed E-state index contributed by atoms with van der Waals surface area (Å²) in [4.78, 5) is 34.9. The third-order valence-corrected chi connectivity index (χ3v) is 3.70. The molecule has 130 valence electrons. The van der Waals surface area contributed by atoms with Crippen LogP contribution in [0.15, 0.2) is 46.9 Å². The average molecular weight is 405 g/mol. The van der Waals surface area contributed by atoms with E-state index in [9.17, 15) is 14.4 Å². The summed E-state index contributed by atoms with van der Waals surface area (Å²) in [7, 11) is 0. The first-order chi connectivity index (χ1) is 12.0. The standard InChI is InChI=1S/C18H17BrN2O4/c1-2-20-18(24)12-4-3-5-15(9-12)21-17(23)11-25-16-7-6-14(19)8-13(16)10-22/h3-10H,2,11H2,1H3,(H,20,24)(H,21,23). The van der Waals surface area contributed by atoms with Crippen molar-refractivity contribution < 1.29 is 19.1 Å². The van der Waals surface area contributed by atoms with Gasteiger partial charge in [-0.2, -0.15) is 0 Å². The van der Waals surface area contributed by atoms with E-state index < -0.39 is 5.91 Å². The zero-order valence-electron chi connectivity index (χ0n) is 13.5. The van der Waals surface area contributed by atoms with Gasteiger partial charge in [0.15, 0.2) is 12.9 Å². The maximum atomic E-state index is 12.0. The zero-order chi connectivity index (χ0) is 18.2. The Morgan fingerprint density at radius 1 is 1.20 bits per heavy atom. The number of hydrogen-bond donors (Lipinski definition) is 2. The predicted octanol–water partition coefficient (Wildman–Crippen LogP) is 3.03. The van der Waals surface area contributed by atoms with Gasteiger partial charge in [0, 0.05) is 22.3 Å². The maximum absolute atomic E-state index is 12.0. The number of amides is 2. The second-order valence-corrected chi connectivity index (χ2v) is 5.99. The van der Waals surface area contributed by atoms with Crippen LogP contribution in [0.4, 0.5) is 5.69 Å². The van der Waals surface area contributed by atoms with Gasteiger partial charge in [-0.1, -0.05) is 22.0 Å². The molecule has 2 aromatic carbocycles. The lowest BCUT2D eigenvalue weighted by molar-refractivity contribution is -0.118. The van der Waals surface area contributed by atoms with Crippen molar-refractivity contribution in [3.63, 3.8) is 0 Å². The number of hydrogen-bond acceptors (Lipinski definition) is 4. The van der Waals surface area contributed by atoms with E-state index in [2.05, 4.69) is 26.6 Å². The molecule has 0 saturated carbocycles. The van der Waals surface area contributed by atoms with Gasteiger partial charge in [0.25, 0.3) is 11.8 Å². The molecule has 0 aromatic heterocycles. The van der Waals surface area contributed by atoms with E-state index in [4.69, 9.17) is 4.74 Å². The number of halogens is 1. The molecule has 25 heavy (non-hydrogen) atoms. The molecule has 0 spiro atoms. The highest BCUT2D eigenvalue weighted by Gasteiger charge is 2.09. The molecule has 2 aromatic rings. The first kappa shape index (κ1) is 18.7. The molecular weight excluding hydrogens is 388 g/mol. The molecule has 0 atom stereocenters. The zero-order valence-corrected chi connectivity index (χ0v) is 15.1. The smallest absolute Gasteiger partial charge is 0.262 e. The van der Waals surface area contributed by atoms with E-state index >= 15 is 0 Å². The van der Waals surface area contributed by atoms with Crippen molar-refractivity contribution in [3.8, 4) is 5.75 Å². The molecule has 0 heterocycles. The first-order valence-electron chi connectivity index (χ1n) is 7.59. The van der Waals surface area contributed by atoms with Crippen molar-refractivity contribution >= 4 is 39.7 Å². The van der Waals surface area contributed by atoms with Gasteiger partial charge in [-0.25, -0.2) is 0 Å². The average Bonchev–Trinajstić information content (AvgIpc) is 2.61. The third-order valence-electron chi connectivity index (χ3n) is 3.20. The Kier molecular flexibility index (Phi) is 6.71. The van der Waals surface area contributed by atoms with Crippen molar-refractivity contribution in [2.75, 3.05) is 18.5 Å². The lowest BCUT2D eigenvalue weighted by atomic mass is 10.2. The Balaban J connectivity index is 1.98. The lowest BCUT2D eigenvalue weighted by Gasteiger charge is -2.10. The first-order valence-corrected chi connectivity index (χ1v) is 8.38. The van der Waals surface area contributed by atoms with Crippen LogP contribution in [0.1, 0.15) is 27.6 Å². The van der Waals surface area contributed by atoms with Gasteiger partial charge in [-0.15, -0.1) is 0 Å². The molecule has 0 aliphatic rings. The number of anilines is 1. The van der Waals surface area contributed by atoms with Crippen LogP contribution >= 0.6 is 15.9 Å². The van der Waals surface area contributed by atoms with Gasteiger partial charge < -0.3 is 15.4 Å². The van der Waals surface area contributed by atoms with Gasteiger partial charge in [-0.05, 0) is 43.3 Å². The SMILES string of the molecule is CCNC(=O)c1cccc(NC(=O)COc2ccc(Br)cc2C=O)c1. The Morgan fingerprint density at radius 3 is 2.72 bits per heavy atom. The largest absolute Gasteiger partial charge is 0.483 e. The monoisotopic (exact) mass is 404 g/mol. The Morgan fingerprint density at radius 2 is 2.00 bits per heavy atom. The summed E-state index contributed by atoms with van der Waals surface area (Å²) in [5.74, 6) is -0.280. The number of carbonyl (C=O) groups is 3. The number of nitrogens with one attached hydrogen (secondary N) is 2. The fourth-order valence-electron chi connectivity index (χ4n) is 2.08. The summed E-state index contributed by atoms with van der Waals surface area (Å²) in [5.41, 5.74) is 1.29. The minimum Gasteiger partial charge on any atom is -0.483 e. The molecule has 2 amide bonds. The van der Waals surface area contributed by atoms with Crippen molar-refractivity contribution in [1.82, 2.24) is 5.32 Å². The molecule has 2 N–H and O–H groups in total. The van der Waals surface area contributed by atoms with Crippen molar-refractivity contribution in [2.24, 2.45) is 0 Å². The van der Waals surface area contributed by atoms with Crippen molar-refractivity contribution in [3.05, 3.63) is 58.1 Å². The highest BCUT2D eigenvalue weighted by atomic mass is 79.9. The molecule has 0 bridgehead atoms. The van der Waals surface area contributed by atoms with Crippen LogP contribution in [0.3, 0.4) is 0 Å². The molecule has 0 aliphatic heterocycles. The Labute approximate surface area is 153 Å².